The van der Waals surface area contributed by atoms with Crippen LogP contribution in [0.5, 0.6) is 5.75 Å². The van der Waals surface area contributed by atoms with Crippen molar-refractivity contribution in [3.05, 3.63) is 29.8 Å². The highest BCUT2D eigenvalue weighted by Gasteiger charge is 1.99. The minimum absolute atomic E-state index is 0.250. The Morgan fingerprint density at radius 2 is 2.00 bits per heavy atom. The number of primary amides is 1. The molecule has 14 heavy (non-hydrogen) atoms. The van der Waals surface area contributed by atoms with Crippen molar-refractivity contribution < 1.29 is 14.6 Å². The minimum Gasteiger partial charge on any atom is -0.410 e. The Kier molecular flexibility index (Phi) is 6.15. The van der Waals surface area contributed by atoms with E-state index in [9.17, 15) is 4.79 Å². The lowest BCUT2D eigenvalue weighted by atomic mass is 10.2. The molecule has 0 saturated heterocycles. The first-order valence-electron chi connectivity index (χ1n) is 4.25. The average molecular weight is 197 g/mol. The summed E-state index contributed by atoms with van der Waals surface area (Å²) in [6, 6.07) is 7.19. The van der Waals surface area contributed by atoms with Gasteiger partial charge in [0.1, 0.15) is 5.75 Å². The number of carbonyl (C=O) groups is 1. The Bertz CT molecular complexity index is 286. The number of benzene rings is 1. The third kappa shape index (κ3) is 5.16. The zero-order valence-corrected chi connectivity index (χ0v) is 8.36. The largest absolute Gasteiger partial charge is 0.410 e. The molecule has 0 fully saturated rings. The van der Waals surface area contributed by atoms with Crippen LogP contribution in [-0.4, -0.2) is 17.8 Å². The van der Waals surface area contributed by atoms with Gasteiger partial charge in [-0.2, -0.15) is 0 Å². The molecule has 4 nitrogen and oxygen atoms in total. The van der Waals surface area contributed by atoms with Crippen molar-refractivity contribution >= 4 is 6.09 Å². The Morgan fingerprint density at radius 1 is 1.50 bits per heavy atom. The molecule has 0 aromatic heterocycles. The van der Waals surface area contributed by atoms with E-state index in [0.717, 1.165) is 5.56 Å². The molecule has 0 saturated carbocycles. The number of amides is 1. The van der Waals surface area contributed by atoms with Crippen molar-refractivity contribution in [1.29, 1.82) is 0 Å². The van der Waals surface area contributed by atoms with Gasteiger partial charge in [0.05, 0.1) is 0 Å². The van der Waals surface area contributed by atoms with Crippen LogP contribution in [0.1, 0.15) is 12.5 Å². The standard InChI is InChI=1S/C8H9NO2.C2H6O/c1-6-4-2-3-5-7(6)11-8(9)10;1-2-3/h2-5H,1H3,(H2,9,10);3H,2H2,1H3. The van der Waals surface area contributed by atoms with Gasteiger partial charge in [-0.3, -0.25) is 0 Å². The summed E-state index contributed by atoms with van der Waals surface area (Å²) < 4.78 is 4.68. The lowest BCUT2D eigenvalue weighted by molar-refractivity contribution is 0.210. The highest BCUT2D eigenvalue weighted by atomic mass is 16.5. The SMILES string of the molecule is CCO.Cc1ccccc1OC(N)=O. The van der Waals surface area contributed by atoms with Crippen molar-refractivity contribution in [2.45, 2.75) is 13.8 Å². The van der Waals surface area contributed by atoms with E-state index in [1.165, 1.54) is 0 Å². The third-order valence-corrected chi connectivity index (χ3v) is 1.30. The lowest BCUT2D eigenvalue weighted by Crippen LogP contribution is -2.16. The van der Waals surface area contributed by atoms with Gasteiger partial charge in [-0.1, -0.05) is 18.2 Å². The molecular formula is C10H15NO3. The summed E-state index contributed by atoms with van der Waals surface area (Å²) in [4.78, 5) is 10.3. The first-order chi connectivity index (χ1) is 6.61. The fourth-order valence-electron chi connectivity index (χ4n) is 0.779. The smallest absolute Gasteiger partial charge is 0.409 e. The molecule has 0 aliphatic rings. The Morgan fingerprint density at radius 3 is 2.43 bits per heavy atom. The third-order valence-electron chi connectivity index (χ3n) is 1.30. The number of aryl methyl sites for hydroxylation is 1. The minimum atomic E-state index is -0.778. The van der Waals surface area contributed by atoms with Crippen LogP contribution in [-0.2, 0) is 0 Å². The second-order valence-electron chi connectivity index (χ2n) is 2.50. The van der Waals surface area contributed by atoms with Gasteiger partial charge in [-0.05, 0) is 25.5 Å². The maximum Gasteiger partial charge on any atom is 0.409 e. The molecule has 4 heteroatoms. The van der Waals surface area contributed by atoms with Gasteiger partial charge in [0.25, 0.3) is 0 Å². The molecule has 1 rings (SSSR count). The van der Waals surface area contributed by atoms with E-state index in [1.54, 1.807) is 19.1 Å². The number of aliphatic hydroxyl groups excluding tert-OH is 1. The monoisotopic (exact) mass is 197 g/mol. The van der Waals surface area contributed by atoms with Crippen LogP contribution >= 0.6 is 0 Å². The van der Waals surface area contributed by atoms with Gasteiger partial charge in [0.15, 0.2) is 0 Å². The molecule has 0 radical (unpaired) electrons. The molecule has 0 spiro atoms. The first kappa shape index (κ1) is 12.4. The molecule has 0 aliphatic carbocycles. The molecule has 0 unspecified atom stereocenters. The maximum atomic E-state index is 10.3. The fraction of sp³-hybridized carbons (Fsp3) is 0.300. The topological polar surface area (TPSA) is 72.6 Å². The van der Waals surface area contributed by atoms with Gasteiger partial charge < -0.3 is 15.6 Å². The van der Waals surface area contributed by atoms with Crippen molar-refractivity contribution in [1.82, 2.24) is 0 Å². The van der Waals surface area contributed by atoms with Crippen LogP contribution in [0.2, 0.25) is 0 Å². The number of hydrogen-bond donors (Lipinski definition) is 2. The summed E-state index contributed by atoms with van der Waals surface area (Å²) in [6.45, 7) is 3.78. The Hall–Kier alpha value is -1.55. The van der Waals surface area contributed by atoms with Crippen LogP contribution in [0.3, 0.4) is 0 Å². The van der Waals surface area contributed by atoms with Crippen molar-refractivity contribution in [2.24, 2.45) is 5.73 Å². The zero-order valence-electron chi connectivity index (χ0n) is 8.36. The van der Waals surface area contributed by atoms with E-state index in [1.807, 2.05) is 19.1 Å². The number of aliphatic hydroxyl groups is 1. The van der Waals surface area contributed by atoms with Crippen LogP contribution < -0.4 is 10.5 Å². The summed E-state index contributed by atoms with van der Waals surface area (Å²) in [5, 5.41) is 7.57. The molecule has 1 aromatic rings. The van der Waals surface area contributed by atoms with E-state index in [-0.39, 0.29) is 6.61 Å². The van der Waals surface area contributed by atoms with Crippen LogP contribution in [0.4, 0.5) is 4.79 Å². The number of ether oxygens (including phenoxy) is 1. The van der Waals surface area contributed by atoms with Gasteiger partial charge in [0.2, 0.25) is 0 Å². The molecule has 0 heterocycles. The zero-order chi connectivity index (χ0) is 11.0. The second-order valence-corrected chi connectivity index (χ2v) is 2.50. The van der Waals surface area contributed by atoms with E-state index in [0.29, 0.717) is 5.75 Å². The van der Waals surface area contributed by atoms with Gasteiger partial charge in [0, 0.05) is 6.61 Å². The lowest BCUT2D eigenvalue weighted by Gasteiger charge is -2.02. The summed E-state index contributed by atoms with van der Waals surface area (Å²) >= 11 is 0. The van der Waals surface area contributed by atoms with E-state index in [2.05, 4.69) is 4.74 Å². The molecular weight excluding hydrogens is 182 g/mol. The molecule has 1 amide bonds. The number of rotatable bonds is 1. The first-order valence-corrected chi connectivity index (χ1v) is 4.25. The summed E-state index contributed by atoms with van der Waals surface area (Å²) in [5.41, 5.74) is 5.73. The highest BCUT2D eigenvalue weighted by molar-refractivity contribution is 5.68. The Labute approximate surface area is 83.3 Å². The molecule has 0 bridgehead atoms. The van der Waals surface area contributed by atoms with E-state index < -0.39 is 6.09 Å². The van der Waals surface area contributed by atoms with Crippen molar-refractivity contribution in [3.63, 3.8) is 0 Å². The number of hydrogen-bond acceptors (Lipinski definition) is 3. The second kappa shape index (κ2) is 6.91. The normalized spacial score (nSPS) is 8.50. The van der Waals surface area contributed by atoms with Gasteiger partial charge in [-0.15, -0.1) is 0 Å². The predicted molar refractivity (Wildman–Crippen MR) is 54.2 cm³/mol. The quantitative estimate of drug-likeness (QED) is 0.715. The molecule has 3 N–H and O–H groups in total. The number of carbonyl (C=O) groups excluding carboxylic acids is 1. The molecule has 1 aromatic carbocycles. The average Bonchev–Trinajstić information content (AvgIpc) is 2.09. The molecule has 78 valence electrons. The van der Waals surface area contributed by atoms with Gasteiger partial charge in [-0.25, -0.2) is 4.79 Å². The van der Waals surface area contributed by atoms with Crippen LogP contribution in [0.25, 0.3) is 0 Å². The summed E-state index contributed by atoms with van der Waals surface area (Å²) in [7, 11) is 0. The highest BCUT2D eigenvalue weighted by Crippen LogP contribution is 2.15. The molecule has 0 atom stereocenters. The molecule has 0 aliphatic heterocycles. The van der Waals surface area contributed by atoms with Gasteiger partial charge >= 0.3 is 6.09 Å². The Balaban J connectivity index is 0.000000500. The predicted octanol–water partition coefficient (Wildman–Crippen LogP) is 1.45. The van der Waals surface area contributed by atoms with Crippen LogP contribution in [0.15, 0.2) is 24.3 Å². The van der Waals surface area contributed by atoms with Crippen molar-refractivity contribution in [3.8, 4) is 5.75 Å². The van der Waals surface area contributed by atoms with E-state index >= 15 is 0 Å². The van der Waals surface area contributed by atoms with Crippen molar-refractivity contribution in [2.75, 3.05) is 6.61 Å². The van der Waals surface area contributed by atoms with E-state index in [4.69, 9.17) is 10.8 Å². The summed E-state index contributed by atoms with van der Waals surface area (Å²) in [5.74, 6) is 0.514. The summed E-state index contributed by atoms with van der Waals surface area (Å²) in [6.07, 6.45) is -0.778. The number of para-hydroxylation sites is 1. The van der Waals surface area contributed by atoms with Crippen LogP contribution in [0, 0.1) is 6.92 Å². The number of nitrogens with two attached hydrogens (primary N) is 1. The fourth-order valence-corrected chi connectivity index (χ4v) is 0.779. The maximum absolute atomic E-state index is 10.3.